The number of nitrogens with one attached hydrogen (secondary N) is 1. The third kappa shape index (κ3) is 3.60. The summed E-state index contributed by atoms with van der Waals surface area (Å²) in [6, 6.07) is 15.7. The summed E-state index contributed by atoms with van der Waals surface area (Å²) in [5, 5.41) is 12.2. The zero-order chi connectivity index (χ0) is 19.4. The predicted octanol–water partition coefficient (Wildman–Crippen LogP) is 2.76. The predicted molar refractivity (Wildman–Crippen MR) is 103 cm³/mol. The van der Waals surface area contributed by atoms with Gasteiger partial charge in [0.2, 0.25) is 5.96 Å². The highest BCUT2D eigenvalue weighted by Crippen LogP contribution is 2.34. The topological polar surface area (TPSA) is 104 Å². The first-order valence-corrected chi connectivity index (χ1v) is 8.29. The minimum Gasteiger partial charge on any atom is -0.497 e. The normalized spacial score (nSPS) is 16.4. The number of rotatable bonds is 4. The van der Waals surface area contributed by atoms with E-state index in [4.69, 9.17) is 10.5 Å². The van der Waals surface area contributed by atoms with Crippen LogP contribution in [0.25, 0.3) is 0 Å². The number of carbonyl (C=O) groups excluding carboxylic acids is 1. The molecule has 3 rings (SSSR count). The molecule has 1 heterocycles. The van der Waals surface area contributed by atoms with Gasteiger partial charge in [-0.2, -0.15) is 5.26 Å². The number of nitriles is 1. The van der Waals surface area contributed by atoms with E-state index in [-0.39, 0.29) is 11.9 Å². The van der Waals surface area contributed by atoms with Crippen molar-refractivity contribution < 1.29 is 9.53 Å². The zero-order valence-corrected chi connectivity index (χ0v) is 15.0. The Morgan fingerprint density at radius 2 is 1.89 bits per heavy atom. The molecule has 1 aliphatic heterocycles. The lowest BCUT2D eigenvalue weighted by Gasteiger charge is -2.28. The van der Waals surface area contributed by atoms with Crippen LogP contribution in [-0.2, 0) is 4.79 Å². The number of nitrogens with two attached hydrogens (primary N) is 1. The second-order valence-corrected chi connectivity index (χ2v) is 5.92. The Labute approximate surface area is 157 Å². The molecule has 2 aromatic carbocycles. The summed E-state index contributed by atoms with van der Waals surface area (Å²) >= 11 is 0. The molecule has 136 valence electrons. The van der Waals surface area contributed by atoms with Gasteiger partial charge in [0, 0.05) is 11.4 Å². The number of ether oxygens (including phenoxy) is 1. The van der Waals surface area contributed by atoms with Crippen molar-refractivity contribution in [1.29, 1.82) is 5.26 Å². The van der Waals surface area contributed by atoms with E-state index in [0.717, 1.165) is 10.5 Å². The van der Waals surface area contributed by atoms with Gasteiger partial charge in [-0.25, -0.2) is 9.89 Å². The molecule has 0 aromatic heterocycles. The van der Waals surface area contributed by atoms with E-state index in [0.29, 0.717) is 22.7 Å². The Kier molecular flexibility index (Phi) is 5.08. The van der Waals surface area contributed by atoms with E-state index in [1.807, 2.05) is 36.5 Å². The Morgan fingerprint density at radius 1 is 1.22 bits per heavy atom. The standard InChI is InChI=1S/C20H19N5O2/c1-13-17(19(26)23-15-6-4-3-5-7-15)18(24-20(22)25(13)12-21)14-8-10-16(27-2)11-9-14/h3-11,18H,1-2H3,(H2,22,24)(H,23,26). The summed E-state index contributed by atoms with van der Waals surface area (Å²) in [6.45, 7) is 1.68. The fourth-order valence-corrected chi connectivity index (χ4v) is 2.91. The summed E-state index contributed by atoms with van der Waals surface area (Å²) in [7, 11) is 1.58. The quantitative estimate of drug-likeness (QED) is 0.815. The van der Waals surface area contributed by atoms with Gasteiger partial charge in [-0.3, -0.25) is 4.79 Å². The third-order valence-corrected chi connectivity index (χ3v) is 4.30. The highest BCUT2D eigenvalue weighted by molar-refractivity contribution is 6.06. The maximum absolute atomic E-state index is 13.0. The van der Waals surface area contributed by atoms with Gasteiger partial charge in [0.1, 0.15) is 11.8 Å². The van der Waals surface area contributed by atoms with E-state index >= 15 is 0 Å². The smallest absolute Gasteiger partial charge is 0.255 e. The number of allylic oxidation sites excluding steroid dienone is 1. The molecule has 3 N–H and O–H groups in total. The molecule has 0 saturated carbocycles. The highest BCUT2D eigenvalue weighted by atomic mass is 16.5. The van der Waals surface area contributed by atoms with Crippen LogP contribution in [0.1, 0.15) is 18.5 Å². The van der Waals surface area contributed by atoms with Gasteiger partial charge < -0.3 is 15.8 Å². The molecule has 0 fully saturated rings. The molecule has 0 bridgehead atoms. The summed E-state index contributed by atoms with van der Waals surface area (Å²) in [6.07, 6.45) is 1.96. The number of hydrogen-bond acceptors (Lipinski definition) is 6. The monoisotopic (exact) mass is 361 g/mol. The maximum Gasteiger partial charge on any atom is 0.255 e. The van der Waals surface area contributed by atoms with Crippen LogP contribution in [0.4, 0.5) is 5.69 Å². The van der Waals surface area contributed by atoms with Gasteiger partial charge in [0.25, 0.3) is 5.91 Å². The first kappa shape index (κ1) is 18.0. The van der Waals surface area contributed by atoms with Gasteiger partial charge in [-0.05, 0) is 36.8 Å². The number of anilines is 1. The van der Waals surface area contributed by atoms with E-state index in [1.54, 1.807) is 38.3 Å². The van der Waals surface area contributed by atoms with E-state index in [1.165, 1.54) is 0 Å². The lowest BCUT2D eigenvalue weighted by Crippen LogP contribution is -2.39. The molecule has 2 aromatic rings. The number of para-hydroxylation sites is 1. The number of amides is 1. The Morgan fingerprint density at radius 3 is 2.48 bits per heavy atom. The molecule has 0 aliphatic carbocycles. The highest BCUT2D eigenvalue weighted by Gasteiger charge is 2.32. The largest absolute Gasteiger partial charge is 0.497 e. The van der Waals surface area contributed by atoms with E-state index < -0.39 is 6.04 Å². The molecule has 1 unspecified atom stereocenters. The van der Waals surface area contributed by atoms with E-state index in [2.05, 4.69) is 10.3 Å². The van der Waals surface area contributed by atoms with Gasteiger partial charge >= 0.3 is 0 Å². The van der Waals surface area contributed by atoms with Crippen molar-refractivity contribution in [2.24, 2.45) is 10.7 Å². The fourth-order valence-electron chi connectivity index (χ4n) is 2.91. The van der Waals surface area contributed by atoms with Crippen LogP contribution in [0.3, 0.4) is 0 Å². The van der Waals surface area contributed by atoms with Crippen LogP contribution in [-0.4, -0.2) is 23.9 Å². The average Bonchev–Trinajstić information content (AvgIpc) is 2.68. The third-order valence-electron chi connectivity index (χ3n) is 4.30. The van der Waals surface area contributed by atoms with Gasteiger partial charge in [-0.1, -0.05) is 30.3 Å². The molecular weight excluding hydrogens is 342 g/mol. The Bertz CT molecular complexity index is 943. The second kappa shape index (κ2) is 7.62. The molecule has 1 aliphatic rings. The lowest BCUT2D eigenvalue weighted by atomic mass is 9.95. The first-order valence-electron chi connectivity index (χ1n) is 8.29. The minimum absolute atomic E-state index is 0.0482. The van der Waals surface area contributed by atoms with Crippen molar-refractivity contribution >= 4 is 17.6 Å². The van der Waals surface area contributed by atoms with Gasteiger partial charge in [0.15, 0.2) is 6.19 Å². The molecule has 0 saturated heterocycles. The van der Waals surface area contributed by atoms with Crippen LogP contribution in [0, 0.1) is 11.5 Å². The summed E-state index contributed by atoms with van der Waals surface area (Å²) in [5.74, 6) is 0.407. The Hall–Kier alpha value is -3.79. The van der Waals surface area contributed by atoms with Crippen LogP contribution in [0.15, 0.2) is 70.9 Å². The summed E-state index contributed by atoms with van der Waals surface area (Å²) in [5.41, 5.74) is 8.17. The molecule has 27 heavy (non-hydrogen) atoms. The first-order chi connectivity index (χ1) is 13.0. The van der Waals surface area contributed by atoms with Crippen molar-refractivity contribution in [2.75, 3.05) is 12.4 Å². The minimum atomic E-state index is -0.621. The van der Waals surface area contributed by atoms with Crippen LogP contribution >= 0.6 is 0 Å². The number of methoxy groups -OCH3 is 1. The van der Waals surface area contributed by atoms with E-state index in [9.17, 15) is 10.1 Å². The number of hydrogen-bond donors (Lipinski definition) is 2. The summed E-state index contributed by atoms with van der Waals surface area (Å²) in [4.78, 5) is 18.6. The second-order valence-electron chi connectivity index (χ2n) is 5.92. The number of guanidine groups is 1. The molecule has 1 atom stereocenters. The van der Waals surface area contributed by atoms with Crippen LogP contribution in [0.5, 0.6) is 5.75 Å². The van der Waals surface area contributed by atoms with Crippen molar-refractivity contribution in [3.05, 3.63) is 71.4 Å². The van der Waals surface area contributed by atoms with Crippen LogP contribution < -0.4 is 15.8 Å². The van der Waals surface area contributed by atoms with Crippen LogP contribution in [0.2, 0.25) is 0 Å². The van der Waals surface area contributed by atoms with Gasteiger partial charge in [-0.15, -0.1) is 0 Å². The lowest BCUT2D eigenvalue weighted by molar-refractivity contribution is -0.113. The van der Waals surface area contributed by atoms with Crippen molar-refractivity contribution in [3.63, 3.8) is 0 Å². The fraction of sp³-hybridized carbons (Fsp3) is 0.150. The molecule has 7 nitrogen and oxygen atoms in total. The molecule has 0 radical (unpaired) electrons. The molecule has 0 spiro atoms. The number of carbonyl (C=O) groups is 1. The summed E-state index contributed by atoms with van der Waals surface area (Å²) < 4.78 is 5.18. The number of aliphatic imine (C=N–C) groups is 1. The maximum atomic E-state index is 13.0. The van der Waals surface area contributed by atoms with Crippen molar-refractivity contribution in [2.45, 2.75) is 13.0 Å². The molecule has 7 heteroatoms. The SMILES string of the molecule is COc1ccc(C2N=C(N)N(C#N)C(C)=C2C(=O)Nc2ccccc2)cc1. The van der Waals surface area contributed by atoms with Gasteiger partial charge in [0.05, 0.1) is 12.7 Å². The van der Waals surface area contributed by atoms with Crippen molar-refractivity contribution in [3.8, 4) is 11.9 Å². The number of nitrogens with zero attached hydrogens (tertiary/aromatic N) is 3. The molecule has 1 amide bonds. The molecular formula is C20H19N5O2. The average molecular weight is 361 g/mol. The zero-order valence-electron chi connectivity index (χ0n) is 15.0. The van der Waals surface area contributed by atoms with Crippen molar-refractivity contribution in [1.82, 2.24) is 4.90 Å². The Balaban J connectivity index is 2.02. The number of benzene rings is 2.